The topological polar surface area (TPSA) is 72.5 Å². The molecule has 1 saturated carbocycles. The summed E-state index contributed by atoms with van der Waals surface area (Å²) in [6.07, 6.45) is 4.06. The Kier molecular flexibility index (Phi) is 5.83. The first-order valence-corrected chi connectivity index (χ1v) is 9.32. The van der Waals surface area contributed by atoms with E-state index in [0.717, 1.165) is 32.1 Å². The van der Waals surface area contributed by atoms with Crippen molar-refractivity contribution < 1.29 is 17.9 Å². The minimum absolute atomic E-state index is 0.0663. The number of carbonyl (C=O) groups excluding carboxylic acids is 1. The van der Waals surface area contributed by atoms with Crippen LogP contribution in [0.2, 0.25) is 0 Å². The largest absolute Gasteiger partial charge is 0.450 e. The van der Waals surface area contributed by atoms with Gasteiger partial charge in [-0.3, -0.25) is 0 Å². The predicted molar refractivity (Wildman–Crippen MR) is 84.1 cm³/mol. The van der Waals surface area contributed by atoms with Crippen LogP contribution in [-0.2, 0) is 14.6 Å². The van der Waals surface area contributed by atoms with Gasteiger partial charge in [0.25, 0.3) is 0 Å². The van der Waals surface area contributed by atoms with Crippen molar-refractivity contribution >= 4 is 15.9 Å². The van der Waals surface area contributed by atoms with Gasteiger partial charge >= 0.3 is 6.09 Å². The Morgan fingerprint density at radius 3 is 2.45 bits per heavy atom. The average molecular weight is 325 g/mol. The van der Waals surface area contributed by atoms with E-state index < -0.39 is 21.3 Å². The maximum Gasteiger partial charge on any atom is 0.408 e. The third-order valence-corrected chi connectivity index (χ3v) is 6.12. The van der Waals surface area contributed by atoms with E-state index in [1.807, 2.05) is 0 Å². The summed E-state index contributed by atoms with van der Waals surface area (Å²) in [5, 5.41) is 1.66. The van der Waals surface area contributed by atoms with Crippen LogP contribution in [0.25, 0.3) is 0 Å². The van der Waals surface area contributed by atoms with Crippen molar-refractivity contribution in [3.8, 4) is 0 Å². The van der Waals surface area contributed by atoms with Crippen LogP contribution in [0.5, 0.6) is 0 Å². The second-order valence-electron chi connectivity index (χ2n) is 5.54. The van der Waals surface area contributed by atoms with Crippen molar-refractivity contribution in [2.45, 2.75) is 49.3 Å². The number of carbonyl (C=O) groups is 1. The van der Waals surface area contributed by atoms with E-state index in [2.05, 4.69) is 5.32 Å². The number of nitrogens with one attached hydrogen (secondary N) is 1. The van der Waals surface area contributed by atoms with E-state index in [9.17, 15) is 13.2 Å². The summed E-state index contributed by atoms with van der Waals surface area (Å²) in [5.74, 6) is -0.0663. The first kappa shape index (κ1) is 16.8. The molecule has 1 N–H and O–H groups in total. The Labute approximate surface area is 132 Å². The normalized spacial score (nSPS) is 17.7. The second kappa shape index (κ2) is 7.63. The van der Waals surface area contributed by atoms with Crippen molar-refractivity contribution in [2.24, 2.45) is 5.92 Å². The van der Waals surface area contributed by atoms with Crippen molar-refractivity contribution in [3.63, 3.8) is 0 Å². The summed E-state index contributed by atoms with van der Waals surface area (Å²) in [7, 11) is -3.63. The lowest BCUT2D eigenvalue weighted by atomic mass is 9.89. The van der Waals surface area contributed by atoms with Gasteiger partial charge in [0.2, 0.25) is 0 Å². The Balaban J connectivity index is 2.28. The van der Waals surface area contributed by atoms with Crippen LogP contribution in [0, 0.1) is 5.92 Å². The van der Waals surface area contributed by atoms with Crippen LogP contribution in [0.3, 0.4) is 0 Å². The number of rotatable bonds is 5. The quantitative estimate of drug-likeness (QED) is 0.903. The molecule has 1 amide bonds. The van der Waals surface area contributed by atoms with Gasteiger partial charge in [0.1, 0.15) is 5.37 Å². The Morgan fingerprint density at radius 2 is 1.86 bits per heavy atom. The molecule has 5 nitrogen and oxygen atoms in total. The molecule has 122 valence electrons. The number of sulfone groups is 1. The van der Waals surface area contributed by atoms with Crippen molar-refractivity contribution in [1.29, 1.82) is 0 Å². The molecule has 0 aromatic heterocycles. The van der Waals surface area contributed by atoms with Crippen molar-refractivity contribution in [3.05, 3.63) is 30.3 Å². The highest BCUT2D eigenvalue weighted by atomic mass is 32.2. The molecule has 0 radical (unpaired) electrons. The SMILES string of the molecule is CCOC(=O)NC(C1CCCCC1)S(=O)(=O)c1ccccc1. The first-order valence-electron chi connectivity index (χ1n) is 7.78. The lowest BCUT2D eigenvalue weighted by Gasteiger charge is -2.30. The molecular formula is C16H23NO4S. The summed E-state index contributed by atoms with van der Waals surface area (Å²) < 4.78 is 30.7. The fourth-order valence-corrected chi connectivity index (χ4v) is 4.79. The highest BCUT2D eigenvalue weighted by Gasteiger charge is 2.36. The molecule has 6 heteroatoms. The molecule has 1 aliphatic carbocycles. The lowest BCUT2D eigenvalue weighted by molar-refractivity contribution is 0.146. The standard InChI is InChI=1S/C16H23NO4S/c1-2-21-16(18)17-15(13-9-5-3-6-10-13)22(19,20)14-11-7-4-8-12-14/h4,7-8,11-13,15H,2-3,5-6,9-10H2,1H3,(H,17,18). The Morgan fingerprint density at radius 1 is 1.23 bits per heavy atom. The molecule has 0 aliphatic heterocycles. The van der Waals surface area contributed by atoms with Gasteiger partial charge in [0, 0.05) is 0 Å². The average Bonchev–Trinajstić information content (AvgIpc) is 2.54. The molecule has 2 rings (SSSR count). The van der Waals surface area contributed by atoms with E-state index in [1.54, 1.807) is 37.3 Å². The van der Waals surface area contributed by atoms with Crippen molar-refractivity contribution in [1.82, 2.24) is 5.32 Å². The highest BCUT2D eigenvalue weighted by molar-refractivity contribution is 7.92. The summed E-state index contributed by atoms with van der Waals surface area (Å²) >= 11 is 0. The fourth-order valence-electron chi connectivity index (χ4n) is 2.93. The highest BCUT2D eigenvalue weighted by Crippen LogP contribution is 2.31. The zero-order chi connectivity index (χ0) is 16.0. The summed E-state index contributed by atoms with van der Waals surface area (Å²) in [5.41, 5.74) is 0. The Hall–Kier alpha value is -1.56. The van der Waals surface area contributed by atoms with Gasteiger partial charge in [0.05, 0.1) is 11.5 Å². The molecule has 22 heavy (non-hydrogen) atoms. The molecule has 1 unspecified atom stereocenters. The van der Waals surface area contributed by atoms with E-state index in [0.29, 0.717) is 0 Å². The number of hydrogen-bond donors (Lipinski definition) is 1. The number of amides is 1. The second-order valence-corrected chi connectivity index (χ2v) is 7.61. The number of hydrogen-bond acceptors (Lipinski definition) is 4. The van der Waals surface area contributed by atoms with Crippen LogP contribution in [0.4, 0.5) is 4.79 Å². The van der Waals surface area contributed by atoms with Crippen molar-refractivity contribution in [2.75, 3.05) is 6.61 Å². The van der Waals surface area contributed by atoms with E-state index in [-0.39, 0.29) is 17.4 Å². The molecule has 1 atom stereocenters. The van der Waals surface area contributed by atoms with Crippen LogP contribution >= 0.6 is 0 Å². The van der Waals surface area contributed by atoms with Gasteiger partial charge in [-0.2, -0.15) is 0 Å². The maximum atomic E-state index is 12.9. The van der Waals surface area contributed by atoms with E-state index >= 15 is 0 Å². The molecule has 1 aromatic carbocycles. The zero-order valence-electron chi connectivity index (χ0n) is 12.8. The molecule has 0 spiro atoms. The minimum Gasteiger partial charge on any atom is -0.450 e. The minimum atomic E-state index is -3.63. The zero-order valence-corrected chi connectivity index (χ0v) is 13.6. The molecular weight excluding hydrogens is 302 g/mol. The summed E-state index contributed by atoms with van der Waals surface area (Å²) in [6, 6.07) is 8.29. The molecule has 0 saturated heterocycles. The third-order valence-electron chi connectivity index (χ3n) is 4.02. The van der Waals surface area contributed by atoms with Gasteiger partial charge in [-0.1, -0.05) is 37.5 Å². The number of ether oxygens (including phenoxy) is 1. The van der Waals surface area contributed by atoms with E-state index in [4.69, 9.17) is 4.74 Å². The smallest absolute Gasteiger partial charge is 0.408 e. The summed E-state index contributed by atoms with van der Waals surface area (Å²) in [6.45, 7) is 1.91. The molecule has 1 aromatic rings. The molecule has 0 bridgehead atoms. The van der Waals surface area contributed by atoms with Crippen LogP contribution in [-0.4, -0.2) is 26.5 Å². The van der Waals surface area contributed by atoms with Gasteiger partial charge in [0.15, 0.2) is 9.84 Å². The van der Waals surface area contributed by atoms with Crippen LogP contribution in [0.15, 0.2) is 35.2 Å². The monoisotopic (exact) mass is 325 g/mol. The predicted octanol–water partition coefficient (Wildman–Crippen LogP) is 3.11. The van der Waals surface area contributed by atoms with Gasteiger partial charge < -0.3 is 10.1 Å². The third kappa shape index (κ3) is 4.00. The first-order chi connectivity index (χ1) is 10.6. The molecule has 1 fully saturated rings. The van der Waals surface area contributed by atoms with Gasteiger partial charge in [-0.05, 0) is 37.8 Å². The van der Waals surface area contributed by atoms with E-state index in [1.165, 1.54) is 0 Å². The number of alkyl carbamates (subject to hydrolysis) is 1. The summed E-state index contributed by atoms with van der Waals surface area (Å²) in [4.78, 5) is 12.0. The molecule has 0 heterocycles. The lowest BCUT2D eigenvalue weighted by Crippen LogP contribution is -2.46. The van der Waals surface area contributed by atoms with Gasteiger partial charge in [-0.15, -0.1) is 0 Å². The van der Waals surface area contributed by atoms with Crippen LogP contribution in [0.1, 0.15) is 39.0 Å². The maximum absolute atomic E-state index is 12.9. The Bertz CT molecular complexity index is 579. The fraction of sp³-hybridized carbons (Fsp3) is 0.562. The van der Waals surface area contributed by atoms with Gasteiger partial charge in [-0.25, -0.2) is 13.2 Å². The molecule has 1 aliphatic rings. The van der Waals surface area contributed by atoms with Crippen LogP contribution < -0.4 is 5.32 Å². The number of benzene rings is 1.